The van der Waals surface area contributed by atoms with E-state index in [1.54, 1.807) is 31.2 Å². The Morgan fingerprint density at radius 3 is 2.57 bits per heavy atom. The molecule has 6 heteroatoms. The number of likely N-dealkylation sites (N-methyl/N-ethyl adjacent to an activating group) is 1. The fourth-order valence-corrected chi connectivity index (χ4v) is 2.99. The average Bonchev–Trinajstić information content (AvgIpc) is 2.50. The highest BCUT2D eigenvalue weighted by Crippen LogP contribution is 2.27. The van der Waals surface area contributed by atoms with Gasteiger partial charge >= 0.3 is 0 Å². The van der Waals surface area contributed by atoms with E-state index in [2.05, 4.69) is 5.32 Å². The number of nitrogens with zero attached hydrogens (tertiary/aromatic N) is 1. The quantitative estimate of drug-likeness (QED) is 0.922. The van der Waals surface area contributed by atoms with Crippen molar-refractivity contribution in [1.82, 2.24) is 10.2 Å². The molecule has 1 N–H and O–H groups in total. The number of halogens is 2. The van der Waals surface area contributed by atoms with E-state index < -0.39 is 5.60 Å². The van der Waals surface area contributed by atoms with Crippen LogP contribution in [0.2, 0.25) is 10.0 Å². The molecule has 0 unspecified atom stereocenters. The van der Waals surface area contributed by atoms with Gasteiger partial charge in [-0.2, -0.15) is 0 Å². The maximum Gasteiger partial charge on any atom is 0.254 e. The van der Waals surface area contributed by atoms with Gasteiger partial charge in [0.2, 0.25) is 0 Å². The van der Waals surface area contributed by atoms with Crippen molar-refractivity contribution in [2.24, 2.45) is 0 Å². The van der Waals surface area contributed by atoms with Crippen LogP contribution in [0.25, 0.3) is 0 Å². The minimum Gasteiger partial charge on any atom is -0.368 e. The predicted octanol–water partition coefficient (Wildman–Crippen LogP) is 2.72. The maximum atomic E-state index is 12.7. The Bertz CT molecular complexity index is 516. The molecule has 4 nitrogen and oxygen atoms in total. The number of hydrogen-bond donors (Lipinski definition) is 1. The molecule has 0 bridgehead atoms. The van der Waals surface area contributed by atoms with Crippen LogP contribution in [-0.4, -0.2) is 43.7 Å². The van der Waals surface area contributed by atoms with Gasteiger partial charge in [-0.25, -0.2) is 0 Å². The van der Waals surface area contributed by atoms with Crippen LogP contribution >= 0.6 is 23.2 Å². The summed E-state index contributed by atoms with van der Waals surface area (Å²) in [5.41, 5.74) is 0.233. The van der Waals surface area contributed by atoms with Crippen LogP contribution in [0, 0.1) is 0 Å². The van der Waals surface area contributed by atoms with Crippen molar-refractivity contribution < 1.29 is 9.53 Å². The lowest BCUT2D eigenvalue weighted by Crippen LogP contribution is -2.54. The molecule has 1 fully saturated rings. The van der Waals surface area contributed by atoms with Crippen molar-refractivity contribution in [3.8, 4) is 0 Å². The van der Waals surface area contributed by atoms with Gasteiger partial charge < -0.3 is 15.0 Å². The van der Waals surface area contributed by atoms with E-state index in [0.29, 0.717) is 29.4 Å². The molecule has 1 aromatic rings. The summed E-state index contributed by atoms with van der Waals surface area (Å²) in [6, 6.07) is 5.41. The van der Waals surface area contributed by atoms with Crippen LogP contribution in [0.1, 0.15) is 18.4 Å². The molecule has 0 atom stereocenters. The summed E-state index contributed by atoms with van der Waals surface area (Å²) in [4.78, 5) is 14.4. The molecule has 0 saturated carbocycles. The first-order chi connectivity index (χ1) is 9.98. The van der Waals surface area contributed by atoms with Gasteiger partial charge in [0, 0.05) is 20.7 Å². The Kier molecular flexibility index (Phi) is 5.49. The molecule has 0 aromatic heterocycles. The number of piperidine rings is 1. The minimum atomic E-state index is -0.712. The highest BCUT2D eigenvalue weighted by atomic mass is 35.5. The number of benzene rings is 1. The number of methoxy groups -OCH3 is 1. The standard InChI is InChI=1S/C15H20Cl2N2O2/c1-19(10-11-3-4-12(16)13(17)9-11)14(20)15(21-2)5-7-18-8-6-15/h3-4,9,18H,5-8,10H2,1-2H3. The van der Waals surface area contributed by atoms with Crippen molar-refractivity contribution in [2.45, 2.75) is 25.0 Å². The maximum absolute atomic E-state index is 12.7. The fraction of sp³-hybridized carbons (Fsp3) is 0.533. The van der Waals surface area contributed by atoms with E-state index in [9.17, 15) is 4.79 Å². The number of ether oxygens (including phenoxy) is 1. The molecule has 0 radical (unpaired) electrons. The summed E-state index contributed by atoms with van der Waals surface area (Å²) in [5.74, 6) is 0.0116. The Labute approximate surface area is 135 Å². The Morgan fingerprint density at radius 2 is 2.00 bits per heavy atom. The van der Waals surface area contributed by atoms with Crippen LogP contribution in [0.5, 0.6) is 0 Å². The third-order valence-corrected chi connectivity index (χ3v) is 4.68. The second kappa shape index (κ2) is 6.97. The second-order valence-electron chi connectivity index (χ2n) is 5.36. The number of carbonyl (C=O) groups excluding carboxylic acids is 1. The molecule has 1 amide bonds. The van der Waals surface area contributed by atoms with E-state index in [0.717, 1.165) is 18.7 Å². The first-order valence-electron chi connectivity index (χ1n) is 6.94. The molecule has 1 saturated heterocycles. The second-order valence-corrected chi connectivity index (χ2v) is 6.17. The number of nitrogens with one attached hydrogen (secondary N) is 1. The third-order valence-electron chi connectivity index (χ3n) is 3.94. The molecule has 2 rings (SSSR count). The molecule has 1 aliphatic heterocycles. The highest BCUT2D eigenvalue weighted by molar-refractivity contribution is 6.42. The van der Waals surface area contributed by atoms with E-state index in [4.69, 9.17) is 27.9 Å². The fourth-order valence-electron chi connectivity index (χ4n) is 2.67. The van der Waals surface area contributed by atoms with Gasteiger partial charge in [-0.1, -0.05) is 29.3 Å². The topological polar surface area (TPSA) is 41.6 Å². The average molecular weight is 331 g/mol. The third kappa shape index (κ3) is 3.69. The zero-order valence-corrected chi connectivity index (χ0v) is 13.8. The lowest BCUT2D eigenvalue weighted by Gasteiger charge is -2.37. The highest BCUT2D eigenvalue weighted by Gasteiger charge is 2.41. The number of hydrogen-bond acceptors (Lipinski definition) is 3. The molecule has 0 spiro atoms. The first kappa shape index (κ1) is 16.6. The van der Waals surface area contributed by atoms with Crippen LogP contribution in [-0.2, 0) is 16.1 Å². The van der Waals surface area contributed by atoms with Gasteiger partial charge in [0.25, 0.3) is 5.91 Å². The number of carbonyl (C=O) groups is 1. The molecule has 1 aromatic carbocycles. The van der Waals surface area contributed by atoms with E-state index in [1.165, 1.54) is 0 Å². The van der Waals surface area contributed by atoms with Crippen molar-refractivity contribution in [3.63, 3.8) is 0 Å². The van der Waals surface area contributed by atoms with Crippen molar-refractivity contribution in [1.29, 1.82) is 0 Å². The van der Waals surface area contributed by atoms with Gasteiger partial charge in [0.05, 0.1) is 10.0 Å². The van der Waals surface area contributed by atoms with Crippen LogP contribution in [0.15, 0.2) is 18.2 Å². The SMILES string of the molecule is COC1(C(=O)N(C)Cc2ccc(Cl)c(Cl)c2)CCNCC1. The van der Waals surface area contributed by atoms with Crippen LogP contribution in [0.4, 0.5) is 0 Å². The molecule has 1 aliphatic rings. The molecular weight excluding hydrogens is 311 g/mol. The van der Waals surface area contributed by atoms with E-state index in [-0.39, 0.29) is 5.91 Å². The summed E-state index contributed by atoms with van der Waals surface area (Å²) >= 11 is 11.9. The lowest BCUT2D eigenvalue weighted by molar-refractivity contribution is -0.157. The van der Waals surface area contributed by atoms with Gasteiger partial charge in [-0.05, 0) is 43.6 Å². The smallest absolute Gasteiger partial charge is 0.254 e. The zero-order valence-electron chi connectivity index (χ0n) is 12.3. The van der Waals surface area contributed by atoms with E-state index >= 15 is 0 Å². The van der Waals surface area contributed by atoms with Gasteiger partial charge in [0.15, 0.2) is 0 Å². The van der Waals surface area contributed by atoms with E-state index in [1.807, 2.05) is 6.07 Å². The minimum absolute atomic E-state index is 0.0116. The normalized spacial score (nSPS) is 17.5. The Balaban J connectivity index is 2.09. The van der Waals surface area contributed by atoms with Crippen molar-refractivity contribution >= 4 is 29.1 Å². The zero-order chi connectivity index (χ0) is 15.5. The Morgan fingerprint density at radius 1 is 1.33 bits per heavy atom. The van der Waals surface area contributed by atoms with Crippen molar-refractivity contribution in [2.75, 3.05) is 27.2 Å². The molecule has 0 aliphatic carbocycles. The van der Waals surface area contributed by atoms with Crippen molar-refractivity contribution in [3.05, 3.63) is 33.8 Å². The van der Waals surface area contributed by atoms with Gasteiger partial charge in [0.1, 0.15) is 5.60 Å². The molecule has 21 heavy (non-hydrogen) atoms. The van der Waals surface area contributed by atoms with Crippen LogP contribution < -0.4 is 5.32 Å². The van der Waals surface area contributed by atoms with Gasteiger partial charge in [-0.3, -0.25) is 4.79 Å². The molecular formula is C15H20Cl2N2O2. The number of rotatable bonds is 4. The van der Waals surface area contributed by atoms with Crippen LogP contribution in [0.3, 0.4) is 0 Å². The summed E-state index contributed by atoms with van der Waals surface area (Å²) in [7, 11) is 3.39. The lowest BCUT2D eigenvalue weighted by atomic mass is 9.90. The summed E-state index contributed by atoms with van der Waals surface area (Å²) in [5, 5.41) is 4.26. The Hall–Kier alpha value is -0.810. The number of amides is 1. The summed E-state index contributed by atoms with van der Waals surface area (Å²) < 4.78 is 5.56. The first-order valence-corrected chi connectivity index (χ1v) is 7.69. The summed E-state index contributed by atoms with van der Waals surface area (Å²) in [6.45, 7) is 2.06. The molecule has 116 valence electrons. The summed E-state index contributed by atoms with van der Waals surface area (Å²) in [6.07, 6.45) is 1.38. The molecule has 1 heterocycles. The monoisotopic (exact) mass is 330 g/mol. The largest absolute Gasteiger partial charge is 0.368 e. The predicted molar refractivity (Wildman–Crippen MR) is 84.8 cm³/mol. The van der Waals surface area contributed by atoms with Gasteiger partial charge in [-0.15, -0.1) is 0 Å².